The van der Waals surface area contributed by atoms with Gasteiger partial charge in [0.05, 0.1) is 16.7 Å². The lowest BCUT2D eigenvalue weighted by atomic mass is 10.1. The highest BCUT2D eigenvalue weighted by Crippen LogP contribution is 2.25. The van der Waals surface area contributed by atoms with Crippen molar-refractivity contribution < 1.29 is 23.9 Å². The first-order chi connectivity index (χ1) is 14.4. The third-order valence-electron chi connectivity index (χ3n) is 4.63. The molecule has 0 aliphatic carbocycles. The van der Waals surface area contributed by atoms with Crippen LogP contribution in [-0.4, -0.2) is 48.0 Å². The van der Waals surface area contributed by atoms with Crippen LogP contribution in [0.25, 0.3) is 0 Å². The number of nitrogens with zero attached hydrogens (tertiary/aromatic N) is 1. The summed E-state index contributed by atoms with van der Waals surface area (Å²) in [6.07, 6.45) is 3.50. The van der Waals surface area contributed by atoms with E-state index in [1.165, 1.54) is 23.1 Å². The molecule has 0 aromatic heterocycles. The van der Waals surface area contributed by atoms with Crippen LogP contribution in [0.15, 0.2) is 47.4 Å². The van der Waals surface area contributed by atoms with Gasteiger partial charge < -0.3 is 10.1 Å². The van der Waals surface area contributed by atoms with E-state index in [0.717, 1.165) is 17.7 Å². The van der Waals surface area contributed by atoms with Crippen molar-refractivity contribution in [2.24, 2.45) is 0 Å². The first kappa shape index (κ1) is 21.6. The molecule has 30 heavy (non-hydrogen) atoms. The lowest BCUT2D eigenvalue weighted by Gasteiger charge is -2.12. The summed E-state index contributed by atoms with van der Waals surface area (Å²) in [7, 11) is 0. The Hall–Kier alpha value is -3.13. The minimum atomic E-state index is -0.738. The Morgan fingerprint density at radius 3 is 2.57 bits per heavy atom. The molecule has 0 atom stereocenters. The molecule has 3 rings (SSSR count). The van der Waals surface area contributed by atoms with Crippen molar-refractivity contribution in [1.82, 2.24) is 4.90 Å². The lowest BCUT2D eigenvalue weighted by Crippen LogP contribution is -2.30. The van der Waals surface area contributed by atoms with E-state index >= 15 is 0 Å². The highest BCUT2D eigenvalue weighted by atomic mass is 32.2. The number of thioether (sulfide) groups is 1. The van der Waals surface area contributed by atoms with Gasteiger partial charge in [-0.2, -0.15) is 0 Å². The first-order valence-corrected chi connectivity index (χ1v) is 10.8. The second-order valence-corrected chi connectivity index (χ2v) is 7.61. The quantitative estimate of drug-likeness (QED) is 0.394. The minimum absolute atomic E-state index is 0.115. The summed E-state index contributed by atoms with van der Waals surface area (Å²) >= 11 is 1.55. The van der Waals surface area contributed by atoms with Gasteiger partial charge in [0, 0.05) is 17.1 Å². The molecule has 2 aromatic carbocycles. The molecule has 1 aliphatic heterocycles. The third kappa shape index (κ3) is 4.71. The van der Waals surface area contributed by atoms with Crippen LogP contribution in [0.5, 0.6) is 0 Å². The molecule has 156 valence electrons. The van der Waals surface area contributed by atoms with Gasteiger partial charge in [0.25, 0.3) is 17.7 Å². The van der Waals surface area contributed by atoms with Gasteiger partial charge >= 0.3 is 5.97 Å². The van der Waals surface area contributed by atoms with Crippen LogP contribution >= 0.6 is 11.8 Å². The zero-order chi connectivity index (χ0) is 21.7. The summed E-state index contributed by atoms with van der Waals surface area (Å²) in [5.41, 5.74) is 1.18. The first-order valence-electron chi connectivity index (χ1n) is 9.56. The molecule has 0 bridgehead atoms. The molecule has 8 heteroatoms. The number of imide groups is 1. The van der Waals surface area contributed by atoms with E-state index in [9.17, 15) is 19.2 Å². The second-order valence-electron chi connectivity index (χ2n) is 6.73. The summed E-state index contributed by atoms with van der Waals surface area (Å²) in [5, 5.41) is 2.67. The number of esters is 1. The van der Waals surface area contributed by atoms with Crippen LogP contribution in [0.2, 0.25) is 0 Å². The number of benzene rings is 2. The summed E-state index contributed by atoms with van der Waals surface area (Å²) in [4.78, 5) is 51.5. The lowest BCUT2D eigenvalue weighted by molar-refractivity contribution is -0.119. The number of anilines is 1. The maximum absolute atomic E-state index is 12.5. The number of carbonyl (C=O) groups is 4. The van der Waals surface area contributed by atoms with E-state index in [4.69, 9.17) is 4.74 Å². The number of hydrogen-bond acceptors (Lipinski definition) is 6. The van der Waals surface area contributed by atoms with Crippen molar-refractivity contribution >= 4 is 41.1 Å². The largest absolute Gasteiger partial charge is 0.452 e. The number of unbranched alkanes of at least 4 members (excludes halogenated alkanes) is 1. The number of fused-ring (bicyclic) bond motifs is 1. The standard InChI is InChI=1S/C22H22N2O5S/c1-3-4-10-24-20(26)17-9-8-14(11-18(17)21(24)27)22(28)29-13-19(25)23-15-6-5-7-16(12-15)30-2/h5-9,11-12H,3-4,10,13H2,1-2H3,(H,23,25). The van der Waals surface area contributed by atoms with E-state index < -0.39 is 24.4 Å². The number of ether oxygens (including phenoxy) is 1. The molecule has 1 aliphatic rings. The summed E-state index contributed by atoms with van der Waals surface area (Å²) in [5.74, 6) is -1.97. The zero-order valence-corrected chi connectivity index (χ0v) is 17.6. The van der Waals surface area contributed by atoms with Crippen molar-refractivity contribution in [1.29, 1.82) is 0 Å². The third-order valence-corrected chi connectivity index (χ3v) is 5.35. The van der Waals surface area contributed by atoms with Crippen molar-refractivity contribution in [3.63, 3.8) is 0 Å². The number of hydrogen-bond donors (Lipinski definition) is 1. The van der Waals surface area contributed by atoms with Crippen LogP contribution in [0.4, 0.5) is 5.69 Å². The Labute approximate surface area is 178 Å². The topological polar surface area (TPSA) is 92.8 Å². The van der Waals surface area contributed by atoms with E-state index in [1.807, 2.05) is 31.4 Å². The van der Waals surface area contributed by atoms with Gasteiger partial charge in [-0.25, -0.2) is 4.79 Å². The van der Waals surface area contributed by atoms with Gasteiger partial charge in [-0.1, -0.05) is 19.4 Å². The minimum Gasteiger partial charge on any atom is -0.452 e. The van der Waals surface area contributed by atoms with Gasteiger partial charge in [-0.15, -0.1) is 11.8 Å². The van der Waals surface area contributed by atoms with Crippen LogP contribution in [0.3, 0.4) is 0 Å². The number of carbonyl (C=O) groups excluding carboxylic acids is 4. The van der Waals surface area contributed by atoms with Crippen molar-refractivity contribution in [2.75, 3.05) is 24.7 Å². The molecule has 7 nitrogen and oxygen atoms in total. The van der Waals surface area contributed by atoms with Crippen molar-refractivity contribution in [3.05, 3.63) is 59.2 Å². The Bertz CT molecular complexity index is 1000. The Balaban J connectivity index is 1.62. The molecule has 0 saturated heterocycles. The smallest absolute Gasteiger partial charge is 0.338 e. The highest BCUT2D eigenvalue weighted by molar-refractivity contribution is 7.98. The Morgan fingerprint density at radius 2 is 1.83 bits per heavy atom. The molecule has 0 unspecified atom stereocenters. The van der Waals surface area contributed by atoms with Crippen LogP contribution in [-0.2, 0) is 9.53 Å². The number of nitrogens with one attached hydrogen (secondary N) is 1. The monoisotopic (exact) mass is 426 g/mol. The average Bonchev–Trinajstić information content (AvgIpc) is 3.00. The molecule has 0 radical (unpaired) electrons. The van der Waals surface area contributed by atoms with E-state index in [0.29, 0.717) is 12.2 Å². The normalized spacial score (nSPS) is 12.7. The molecule has 0 fully saturated rings. The maximum atomic E-state index is 12.5. The molecule has 3 amide bonds. The van der Waals surface area contributed by atoms with Crippen LogP contribution in [0, 0.1) is 0 Å². The van der Waals surface area contributed by atoms with E-state index in [-0.39, 0.29) is 22.6 Å². The van der Waals surface area contributed by atoms with Gasteiger partial charge in [-0.05, 0) is 49.1 Å². The molecular formula is C22H22N2O5S. The zero-order valence-electron chi connectivity index (χ0n) is 16.8. The summed E-state index contributed by atoms with van der Waals surface area (Å²) in [6.45, 7) is 1.86. The van der Waals surface area contributed by atoms with Gasteiger partial charge in [-0.3, -0.25) is 19.3 Å². The number of amides is 3. The number of rotatable bonds is 8. The van der Waals surface area contributed by atoms with Crippen molar-refractivity contribution in [3.8, 4) is 0 Å². The fourth-order valence-corrected chi connectivity index (χ4v) is 3.51. The fraction of sp³-hybridized carbons (Fsp3) is 0.273. The maximum Gasteiger partial charge on any atom is 0.338 e. The average molecular weight is 426 g/mol. The van der Waals surface area contributed by atoms with Gasteiger partial charge in [0.1, 0.15) is 0 Å². The highest BCUT2D eigenvalue weighted by Gasteiger charge is 2.35. The molecule has 0 saturated carbocycles. The molecule has 0 spiro atoms. The molecular weight excluding hydrogens is 404 g/mol. The second kappa shape index (κ2) is 9.58. The molecule has 2 aromatic rings. The van der Waals surface area contributed by atoms with E-state index in [1.54, 1.807) is 17.8 Å². The van der Waals surface area contributed by atoms with Crippen LogP contribution in [0.1, 0.15) is 50.8 Å². The SMILES string of the molecule is CCCCN1C(=O)c2ccc(C(=O)OCC(=O)Nc3cccc(SC)c3)cc2C1=O. The fourth-order valence-electron chi connectivity index (χ4n) is 3.05. The van der Waals surface area contributed by atoms with Gasteiger partial charge in [0.15, 0.2) is 6.61 Å². The van der Waals surface area contributed by atoms with Gasteiger partial charge in [0.2, 0.25) is 0 Å². The summed E-state index contributed by atoms with van der Waals surface area (Å²) in [6, 6.07) is 11.5. The van der Waals surface area contributed by atoms with Crippen molar-refractivity contribution in [2.45, 2.75) is 24.7 Å². The van der Waals surface area contributed by atoms with Crippen LogP contribution < -0.4 is 5.32 Å². The predicted octanol–water partition coefficient (Wildman–Crippen LogP) is 3.60. The summed E-state index contributed by atoms with van der Waals surface area (Å²) < 4.78 is 5.07. The molecule has 1 N–H and O–H groups in total. The predicted molar refractivity (Wildman–Crippen MR) is 114 cm³/mol. The van der Waals surface area contributed by atoms with E-state index in [2.05, 4.69) is 5.32 Å². The Morgan fingerprint density at radius 1 is 1.07 bits per heavy atom. The Kier molecular flexibility index (Phi) is 6.89. The molecule has 1 heterocycles.